The first-order chi connectivity index (χ1) is 12.0. The SMILES string of the molecule is Cc1ccc(C)c(C(=O)Nc2nnc(SCc3ccc(Br)cc3)s2)c1. The average molecular weight is 434 g/mol. The maximum Gasteiger partial charge on any atom is 0.257 e. The number of thioether (sulfide) groups is 1. The number of carbonyl (C=O) groups excluding carboxylic acids is 1. The zero-order valence-corrected chi connectivity index (χ0v) is 17.0. The molecule has 0 aliphatic carbocycles. The molecule has 1 heterocycles. The van der Waals surface area contributed by atoms with E-state index in [1.54, 1.807) is 11.8 Å². The second-order valence-corrected chi connectivity index (χ2v) is 8.68. The molecule has 0 spiro atoms. The molecule has 3 aromatic rings. The third kappa shape index (κ3) is 4.90. The normalized spacial score (nSPS) is 10.7. The lowest BCUT2D eigenvalue weighted by Gasteiger charge is -2.05. The standard InChI is InChI=1S/C18H16BrN3OS2/c1-11-3-4-12(2)15(9-11)16(23)20-17-21-22-18(25-17)24-10-13-5-7-14(19)8-6-13/h3-9H,10H2,1-2H3,(H,20,21,23). The highest BCUT2D eigenvalue weighted by Gasteiger charge is 2.13. The lowest BCUT2D eigenvalue weighted by Crippen LogP contribution is -2.13. The topological polar surface area (TPSA) is 54.9 Å². The number of hydrogen-bond donors (Lipinski definition) is 1. The van der Waals surface area contributed by atoms with Crippen molar-refractivity contribution in [2.75, 3.05) is 5.32 Å². The fourth-order valence-electron chi connectivity index (χ4n) is 2.19. The number of amides is 1. The Morgan fingerprint density at radius 1 is 1.16 bits per heavy atom. The summed E-state index contributed by atoms with van der Waals surface area (Å²) in [6.07, 6.45) is 0. The predicted molar refractivity (Wildman–Crippen MR) is 107 cm³/mol. The highest BCUT2D eigenvalue weighted by molar-refractivity contribution is 9.10. The molecule has 1 aromatic heterocycles. The van der Waals surface area contributed by atoms with Crippen molar-refractivity contribution in [1.82, 2.24) is 10.2 Å². The lowest BCUT2D eigenvalue weighted by atomic mass is 10.1. The Bertz CT molecular complexity index is 894. The quantitative estimate of drug-likeness (QED) is 0.428. The summed E-state index contributed by atoms with van der Waals surface area (Å²) in [5, 5.41) is 11.6. The number of nitrogens with zero attached hydrogens (tertiary/aromatic N) is 2. The number of aryl methyl sites for hydroxylation is 2. The van der Waals surface area contributed by atoms with E-state index < -0.39 is 0 Å². The Hall–Kier alpha value is -1.70. The first-order valence-electron chi connectivity index (χ1n) is 7.60. The largest absolute Gasteiger partial charge is 0.296 e. The number of anilines is 1. The van der Waals surface area contributed by atoms with Gasteiger partial charge >= 0.3 is 0 Å². The molecule has 2 aromatic carbocycles. The molecule has 3 rings (SSSR count). The van der Waals surface area contributed by atoms with Crippen LogP contribution >= 0.6 is 39.0 Å². The van der Waals surface area contributed by atoms with Gasteiger partial charge in [0.15, 0.2) is 4.34 Å². The van der Waals surface area contributed by atoms with Crippen molar-refractivity contribution in [3.05, 3.63) is 69.2 Å². The molecule has 25 heavy (non-hydrogen) atoms. The fourth-order valence-corrected chi connectivity index (χ4v) is 4.16. The molecule has 0 bridgehead atoms. The van der Waals surface area contributed by atoms with Gasteiger partial charge in [-0.1, -0.05) is 68.9 Å². The molecule has 0 aliphatic heterocycles. The monoisotopic (exact) mass is 433 g/mol. The maximum atomic E-state index is 12.4. The van der Waals surface area contributed by atoms with Gasteiger partial charge in [-0.2, -0.15) is 0 Å². The summed E-state index contributed by atoms with van der Waals surface area (Å²) in [5.41, 5.74) is 3.87. The van der Waals surface area contributed by atoms with Crippen LogP contribution in [0.2, 0.25) is 0 Å². The van der Waals surface area contributed by atoms with Crippen LogP contribution in [0.5, 0.6) is 0 Å². The second kappa shape index (κ2) is 8.12. The summed E-state index contributed by atoms with van der Waals surface area (Å²) < 4.78 is 1.90. The van der Waals surface area contributed by atoms with Crippen LogP contribution in [0.3, 0.4) is 0 Å². The Morgan fingerprint density at radius 3 is 2.68 bits per heavy atom. The van der Waals surface area contributed by atoms with Crippen LogP contribution in [0.25, 0.3) is 0 Å². The van der Waals surface area contributed by atoms with E-state index in [0.717, 1.165) is 25.7 Å². The molecule has 1 amide bonds. The average Bonchev–Trinajstić information content (AvgIpc) is 3.04. The molecule has 0 aliphatic rings. The number of benzene rings is 2. The molecule has 7 heteroatoms. The molecular formula is C18H16BrN3OS2. The van der Waals surface area contributed by atoms with Crippen molar-refractivity contribution < 1.29 is 4.79 Å². The van der Waals surface area contributed by atoms with E-state index in [1.807, 2.05) is 44.2 Å². The number of rotatable bonds is 5. The first-order valence-corrected chi connectivity index (χ1v) is 10.2. The van der Waals surface area contributed by atoms with Gasteiger partial charge < -0.3 is 0 Å². The summed E-state index contributed by atoms with van der Waals surface area (Å²) in [6.45, 7) is 3.89. The van der Waals surface area contributed by atoms with E-state index in [9.17, 15) is 4.79 Å². The van der Waals surface area contributed by atoms with Crippen LogP contribution in [0.15, 0.2) is 51.3 Å². The van der Waals surface area contributed by atoms with Gasteiger partial charge in [0.25, 0.3) is 5.91 Å². The first kappa shape index (κ1) is 18.1. The van der Waals surface area contributed by atoms with E-state index in [2.05, 4.69) is 43.6 Å². The van der Waals surface area contributed by atoms with Crippen LogP contribution in [0.1, 0.15) is 27.0 Å². The van der Waals surface area contributed by atoms with Gasteiger partial charge in [-0.15, -0.1) is 10.2 Å². The van der Waals surface area contributed by atoms with E-state index in [1.165, 1.54) is 16.9 Å². The highest BCUT2D eigenvalue weighted by Crippen LogP contribution is 2.29. The maximum absolute atomic E-state index is 12.4. The minimum atomic E-state index is -0.151. The predicted octanol–water partition coefficient (Wildman–Crippen LogP) is 5.46. The van der Waals surface area contributed by atoms with Gasteiger partial charge in [-0.25, -0.2) is 0 Å². The fraction of sp³-hybridized carbons (Fsp3) is 0.167. The number of hydrogen-bond acceptors (Lipinski definition) is 5. The molecule has 0 unspecified atom stereocenters. The van der Waals surface area contributed by atoms with Gasteiger partial charge in [0, 0.05) is 15.8 Å². The van der Waals surface area contributed by atoms with Gasteiger partial charge in [0.05, 0.1) is 0 Å². The van der Waals surface area contributed by atoms with Crippen LogP contribution in [0.4, 0.5) is 5.13 Å². The number of halogens is 1. The van der Waals surface area contributed by atoms with Crippen molar-refractivity contribution in [3.63, 3.8) is 0 Å². The lowest BCUT2D eigenvalue weighted by molar-refractivity contribution is 0.102. The Morgan fingerprint density at radius 2 is 1.92 bits per heavy atom. The van der Waals surface area contributed by atoms with E-state index in [-0.39, 0.29) is 5.91 Å². The molecule has 0 saturated carbocycles. The van der Waals surface area contributed by atoms with Crippen LogP contribution < -0.4 is 5.32 Å². The molecule has 4 nitrogen and oxygen atoms in total. The van der Waals surface area contributed by atoms with E-state index in [0.29, 0.717) is 10.7 Å². The van der Waals surface area contributed by atoms with Crippen LogP contribution in [0, 0.1) is 13.8 Å². The molecule has 0 radical (unpaired) electrons. The molecule has 128 valence electrons. The Balaban J connectivity index is 1.62. The number of carbonyl (C=O) groups is 1. The number of nitrogens with one attached hydrogen (secondary N) is 1. The second-order valence-electron chi connectivity index (χ2n) is 5.56. The summed E-state index contributed by atoms with van der Waals surface area (Å²) in [5.74, 6) is 0.661. The van der Waals surface area contributed by atoms with E-state index >= 15 is 0 Å². The Labute approximate surface area is 163 Å². The van der Waals surface area contributed by atoms with Crippen molar-refractivity contribution in [1.29, 1.82) is 0 Å². The minimum absolute atomic E-state index is 0.151. The highest BCUT2D eigenvalue weighted by atomic mass is 79.9. The van der Waals surface area contributed by atoms with Crippen molar-refractivity contribution in [3.8, 4) is 0 Å². The van der Waals surface area contributed by atoms with E-state index in [4.69, 9.17) is 0 Å². The smallest absolute Gasteiger partial charge is 0.257 e. The third-order valence-corrected chi connectivity index (χ3v) is 6.11. The van der Waals surface area contributed by atoms with Crippen LogP contribution in [-0.4, -0.2) is 16.1 Å². The summed E-state index contributed by atoms with van der Waals surface area (Å²) in [6, 6.07) is 14.0. The molecule has 1 N–H and O–H groups in total. The minimum Gasteiger partial charge on any atom is -0.296 e. The van der Waals surface area contributed by atoms with Gasteiger partial charge in [0.2, 0.25) is 5.13 Å². The molecule has 0 saturated heterocycles. The summed E-state index contributed by atoms with van der Waals surface area (Å²) >= 11 is 6.42. The summed E-state index contributed by atoms with van der Waals surface area (Å²) in [4.78, 5) is 12.4. The molecular weight excluding hydrogens is 418 g/mol. The van der Waals surface area contributed by atoms with Gasteiger partial charge in [-0.3, -0.25) is 10.1 Å². The van der Waals surface area contributed by atoms with Gasteiger partial charge in [-0.05, 0) is 43.2 Å². The zero-order chi connectivity index (χ0) is 17.8. The van der Waals surface area contributed by atoms with Crippen molar-refractivity contribution in [2.24, 2.45) is 0 Å². The Kier molecular flexibility index (Phi) is 5.88. The van der Waals surface area contributed by atoms with Gasteiger partial charge in [0.1, 0.15) is 0 Å². The van der Waals surface area contributed by atoms with Crippen molar-refractivity contribution in [2.45, 2.75) is 23.9 Å². The third-order valence-electron chi connectivity index (χ3n) is 3.54. The number of aromatic nitrogens is 2. The van der Waals surface area contributed by atoms with Crippen LogP contribution in [-0.2, 0) is 5.75 Å². The summed E-state index contributed by atoms with van der Waals surface area (Å²) in [7, 11) is 0. The zero-order valence-electron chi connectivity index (χ0n) is 13.7. The molecule has 0 fully saturated rings. The molecule has 0 atom stereocenters. The van der Waals surface area contributed by atoms with Crippen molar-refractivity contribution >= 4 is 50.1 Å².